The van der Waals surface area contributed by atoms with Crippen molar-refractivity contribution >= 4 is 5.91 Å². The summed E-state index contributed by atoms with van der Waals surface area (Å²) in [4.78, 5) is 11.6. The molecule has 0 saturated heterocycles. The molecule has 1 aliphatic rings. The number of carbonyl (C=O) groups excluding carboxylic acids is 1. The second-order valence-corrected chi connectivity index (χ2v) is 5.17. The van der Waals surface area contributed by atoms with E-state index >= 15 is 0 Å². The average Bonchev–Trinajstić information content (AvgIpc) is 2.41. The lowest BCUT2D eigenvalue weighted by atomic mass is 9.98. The molecule has 4 heteroatoms. The number of carbonyl (C=O) groups is 1. The van der Waals surface area contributed by atoms with Crippen molar-refractivity contribution in [2.45, 2.75) is 70.4 Å². The van der Waals surface area contributed by atoms with Crippen LogP contribution < -0.4 is 11.1 Å². The fraction of sp³-hybridized carbons (Fsp3) is 0.929. The summed E-state index contributed by atoms with van der Waals surface area (Å²) in [5.74, 6) is -0.0457. The molecule has 1 fully saturated rings. The molecule has 1 rings (SSSR count). The number of nitrogens with one attached hydrogen (secondary N) is 1. The molecule has 0 radical (unpaired) electrons. The molecular formula is C14H28N2O2. The van der Waals surface area contributed by atoms with Gasteiger partial charge in [0, 0.05) is 6.54 Å². The number of hydrogen-bond donors (Lipinski definition) is 2. The van der Waals surface area contributed by atoms with Gasteiger partial charge in [0.15, 0.2) is 0 Å². The Labute approximate surface area is 111 Å². The van der Waals surface area contributed by atoms with E-state index in [-0.39, 0.29) is 11.9 Å². The molecular weight excluding hydrogens is 228 g/mol. The Morgan fingerprint density at radius 1 is 1.39 bits per heavy atom. The van der Waals surface area contributed by atoms with E-state index in [1.54, 1.807) is 0 Å². The van der Waals surface area contributed by atoms with Gasteiger partial charge in [0.1, 0.15) is 0 Å². The summed E-state index contributed by atoms with van der Waals surface area (Å²) in [7, 11) is 0. The molecule has 0 aromatic carbocycles. The molecule has 3 N–H and O–H groups in total. The highest BCUT2D eigenvalue weighted by molar-refractivity contribution is 5.81. The quantitative estimate of drug-likeness (QED) is 0.653. The maximum atomic E-state index is 11.6. The van der Waals surface area contributed by atoms with Gasteiger partial charge in [-0.1, -0.05) is 39.0 Å². The molecule has 106 valence electrons. The molecule has 0 heterocycles. The van der Waals surface area contributed by atoms with Crippen molar-refractivity contribution in [1.29, 1.82) is 0 Å². The first-order valence-electron chi connectivity index (χ1n) is 7.39. The van der Waals surface area contributed by atoms with Crippen molar-refractivity contribution in [2.24, 2.45) is 5.73 Å². The number of rotatable bonds is 8. The summed E-state index contributed by atoms with van der Waals surface area (Å²) >= 11 is 0. The van der Waals surface area contributed by atoms with Crippen molar-refractivity contribution in [1.82, 2.24) is 5.32 Å². The minimum absolute atomic E-state index is 0.0457. The molecule has 18 heavy (non-hydrogen) atoms. The second-order valence-electron chi connectivity index (χ2n) is 5.17. The minimum Gasteiger partial charge on any atom is -0.376 e. The Morgan fingerprint density at radius 2 is 2.11 bits per heavy atom. The lowest BCUT2D eigenvalue weighted by Gasteiger charge is -2.22. The number of ether oxygens (including phenoxy) is 1. The first kappa shape index (κ1) is 15.4. The van der Waals surface area contributed by atoms with E-state index in [4.69, 9.17) is 10.5 Å². The smallest absolute Gasteiger partial charge is 0.236 e. The summed E-state index contributed by atoms with van der Waals surface area (Å²) in [6, 6.07) is -0.361. The molecule has 1 aliphatic carbocycles. The normalized spacial score (nSPS) is 18.6. The molecule has 4 nitrogen and oxygen atoms in total. The van der Waals surface area contributed by atoms with E-state index in [1.807, 2.05) is 0 Å². The van der Waals surface area contributed by atoms with Gasteiger partial charge in [-0.15, -0.1) is 0 Å². The number of nitrogens with two attached hydrogens (primary N) is 1. The van der Waals surface area contributed by atoms with Gasteiger partial charge in [0.05, 0.1) is 18.8 Å². The molecule has 1 saturated carbocycles. The average molecular weight is 256 g/mol. The van der Waals surface area contributed by atoms with Crippen molar-refractivity contribution in [2.75, 3.05) is 13.2 Å². The number of hydrogen-bond acceptors (Lipinski definition) is 3. The summed E-state index contributed by atoms with van der Waals surface area (Å²) in [5.41, 5.74) is 5.78. The maximum absolute atomic E-state index is 11.6. The molecule has 1 amide bonds. The van der Waals surface area contributed by atoms with Crippen LogP contribution in [0, 0.1) is 0 Å². The van der Waals surface area contributed by atoms with Gasteiger partial charge in [0.2, 0.25) is 5.91 Å². The van der Waals surface area contributed by atoms with Gasteiger partial charge in [-0.3, -0.25) is 4.79 Å². The van der Waals surface area contributed by atoms with Crippen molar-refractivity contribution in [3.8, 4) is 0 Å². The Hall–Kier alpha value is -0.610. The van der Waals surface area contributed by atoms with Crippen LogP contribution in [0.25, 0.3) is 0 Å². The van der Waals surface area contributed by atoms with E-state index in [0.29, 0.717) is 19.3 Å². The molecule has 0 aromatic heterocycles. The van der Waals surface area contributed by atoms with Gasteiger partial charge in [-0.25, -0.2) is 0 Å². The van der Waals surface area contributed by atoms with Gasteiger partial charge in [0.25, 0.3) is 0 Å². The van der Waals surface area contributed by atoms with Crippen LogP contribution in [-0.2, 0) is 9.53 Å². The third-order valence-corrected chi connectivity index (χ3v) is 3.51. The fourth-order valence-electron chi connectivity index (χ4n) is 2.32. The summed E-state index contributed by atoms with van der Waals surface area (Å²) < 4.78 is 5.74. The Balaban J connectivity index is 2.00. The highest BCUT2D eigenvalue weighted by Crippen LogP contribution is 2.19. The molecule has 0 aliphatic heterocycles. The van der Waals surface area contributed by atoms with Crippen LogP contribution in [0.2, 0.25) is 0 Å². The van der Waals surface area contributed by atoms with Gasteiger partial charge in [-0.05, 0) is 19.3 Å². The van der Waals surface area contributed by atoms with E-state index in [0.717, 1.165) is 19.3 Å². The SMILES string of the molecule is CCCCC(N)C(=O)NCCOC1CCCCC1. The zero-order valence-electron chi connectivity index (χ0n) is 11.6. The zero-order chi connectivity index (χ0) is 13.2. The minimum atomic E-state index is -0.361. The zero-order valence-corrected chi connectivity index (χ0v) is 11.6. The molecule has 1 unspecified atom stereocenters. The molecule has 0 aromatic rings. The van der Waals surface area contributed by atoms with Crippen LogP contribution in [0.5, 0.6) is 0 Å². The highest BCUT2D eigenvalue weighted by Gasteiger charge is 2.14. The standard InChI is InChI=1S/C14H28N2O2/c1-2-3-9-13(15)14(17)16-10-11-18-12-7-5-4-6-8-12/h12-13H,2-11,15H2,1H3,(H,16,17). The predicted octanol–water partition coefficient (Wildman–Crippen LogP) is 1.97. The van der Waals surface area contributed by atoms with E-state index < -0.39 is 0 Å². The lowest BCUT2D eigenvalue weighted by Crippen LogP contribution is -2.42. The summed E-state index contributed by atoms with van der Waals surface area (Å²) in [5, 5.41) is 2.84. The molecule has 0 spiro atoms. The van der Waals surface area contributed by atoms with Crippen LogP contribution in [0.1, 0.15) is 58.3 Å². The van der Waals surface area contributed by atoms with Crippen LogP contribution in [0.3, 0.4) is 0 Å². The fourth-order valence-corrected chi connectivity index (χ4v) is 2.32. The van der Waals surface area contributed by atoms with Gasteiger partial charge >= 0.3 is 0 Å². The lowest BCUT2D eigenvalue weighted by molar-refractivity contribution is -0.122. The predicted molar refractivity (Wildman–Crippen MR) is 73.3 cm³/mol. The van der Waals surface area contributed by atoms with Gasteiger partial charge in [-0.2, -0.15) is 0 Å². The highest BCUT2D eigenvalue weighted by atomic mass is 16.5. The Kier molecular flexibility index (Phi) is 8.01. The van der Waals surface area contributed by atoms with Crippen molar-refractivity contribution < 1.29 is 9.53 Å². The van der Waals surface area contributed by atoms with E-state index in [9.17, 15) is 4.79 Å². The second kappa shape index (κ2) is 9.34. The van der Waals surface area contributed by atoms with Crippen LogP contribution in [0.15, 0.2) is 0 Å². The topological polar surface area (TPSA) is 64.4 Å². The van der Waals surface area contributed by atoms with Gasteiger partial charge < -0.3 is 15.8 Å². The van der Waals surface area contributed by atoms with Crippen LogP contribution in [-0.4, -0.2) is 31.2 Å². The third-order valence-electron chi connectivity index (χ3n) is 3.51. The first-order valence-corrected chi connectivity index (χ1v) is 7.39. The van der Waals surface area contributed by atoms with E-state index in [1.165, 1.54) is 32.1 Å². The summed E-state index contributed by atoms with van der Waals surface area (Å²) in [6.45, 7) is 3.29. The maximum Gasteiger partial charge on any atom is 0.236 e. The largest absolute Gasteiger partial charge is 0.376 e. The van der Waals surface area contributed by atoms with E-state index in [2.05, 4.69) is 12.2 Å². The third kappa shape index (κ3) is 6.36. The Bertz CT molecular complexity index is 228. The molecule has 0 bridgehead atoms. The number of amides is 1. The summed E-state index contributed by atoms with van der Waals surface area (Å²) in [6.07, 6.45) is 9.49. The van der Waals surface area contributed by atoms with Crippen LogP contribution in [0.4, 0.5) is 0 Å². The monoisotopic (exact) mass is 256 g/mol. The van der Waals surface area contributed by atoms with Crippen molar-refractivity contribution in [3.05, 3.63) is 0 Å². The first-order chi connectivity index (χ1) is 8.74. The molecule has 1 atom stereocenters. The van der Waals surface area contributed by atoms with Crippen molar-refractivity contribution in [3.63, 3.8) is 0 Å². The van der Waals surface area contributed by atoms with Crippen LogP contribution >= 0.6 is 0 Å². The Morgan fingerprint density at radius 3 is 2.78 bits per heavy atom. The number of unbranched alkanes of at least 4 members (excludes halogenated alkanes) is 1.